The van der Waals surface area contributed by atoms with Crippen LogP contribution in [0.25, 0.3) is 0 Å². The van der Waals surface area contributed by atoms with E-state index < -0.39 is 17.4 Å². The molecule has 1 aliphatic rings. The zero-order valence-electron chi connectivity index (χ0n) is 10.7. The van der Waals surface area contributed by atoms with Crippen LogP contribution in [0.3, 0.4) is 0 Å². The van der Waals surface area contributed by atoms with Crippen molar-refractivity contribution in [3.8, 4) is 0 Å². The number of carboxylic acid groups (broad SMARTS) is 1. The van der Waals surface area contributed by atoms with Crippen LogP contribution in [-0.2, 0) is 14.3 Å². The van der Waals surface area contributed by atoms with Crippen molar-refractivity contribution in [2.45, 2.75) is 52.2 Å². The van der Waals surface area contributed by atoms with Crippen LogP contribution in [0.1, 0.15) is 40.0 Å². The second-order valence-electron chi connectivity index (χ2n) is 5.54. The first-order valence-electron chi connectivity index (χ1n) is 5.94. The molecule has 2 N–H and O–H groups in total. The van der Waals surface area contributed by atoms with Gasteiger partial charge in [-0.2, -0.15) is 0 Å². The van der Waals surface area contributed by atoms with Gasteiger partial charge in [-0.25, -0.2) is 4.79 Å². The Balaban J connectivity index is 2.49. The number of hydrogen-bond donors (Lipinski definition) is 2. The van der Waals surface area contributed by atoms with E-state index in [0.717, 1.165) is 12.8 Å². The molecular weight excluding hydrogens is 222 g/mol. The summed E-state index contributed by atoms with van der Waals surface area (Å²) in [5.41, 5.74) is -0.502. The van der Waals surface area contributed by atoms with E-state index in [1.165, 1.54) is 0 Å². The summed E-state index contributed by atoms with van der Waals surface area (Å²) in [5.74, 6) is -1.25. The van der Waals surface area contributed by atoms with Crippen LogP contribution in [0, 0.1) is 5.41 Å². The molecule has 98 valence electrons. The van der Waals surface area contributed by atoms with Gasteiger partial charge in [0.05, 0.1) is 12.5 Å². The third kappa shape index (κ3) is 4.34. The fraction of sp³-hybridized carbons (Fsp3) is 0.833. The molecule has 1 unspecified atom stereocenters. The highest BCUT2D eigenvalue weighted by Crippen LogP contribution is 2.20. The van der Waals surface area contributed by atoms with Crippen molar-refractivity contribution in [3.05, 3.63) is 0 Å². The molecule has 2 atom stereocenters. The Bertz CT molecular complexity index is 289. The van der Waals surface area contributed by atoms with E-state index in [2.05, 4.69) is 5.32 Å². The molecule has 0 radical (unpaired) electrons. The highest BCUT2D eigenvalue weighted by atomic mass is 16.5. The van der Waals surface area contributed by atoms with Crippen LogP contribution < -0.4 is 5.32 Å². The normalized spacial score (nSPS) is 22.2. The van der Waals surface area contributed by atoms with Gasteiger partial charge in [-0.1, -0.05) is 20.8 Å². The maximum Gasteiger partial charge on any atom is 0.326 e. The van der Waals surface area contributed by atoms with Gasteiger partial charge in [-0.3, -0.25) is 4.79 Å². The summed E-state index contributed by atoms with van der Waals surface area (Å²) >= 11 is 0. The molecule has 5 heteroatoms. The topological polar surface area (TPSA) is 75.6 Å². The molecule has 5 nitrogen and oxygen atoms in total. The largest absolute Gasteiger partial charge is 0.480 e. The average Bonchev–Trinajstić information content (AvgIpc) is 2.64. The molecule has 0 aromatic carbocycles. The van der Waals surface area contributed by atoms with E-state index in [1.54, 1.807) is 20.8 Å². The molecule has 0 spiro atoms. The number of carbonyl (C=O) groups is 2. The van der Waals surface area contributed by atoms with Crippen LogP contribution in [-0.4, -0.2) is 35.7 Å². The monoisotopic (exact) mass is 243 g/mol. The molecule has 0 aliphatic carbocycles. The van der Waals surface area contributed by atoms with Crippen molar-refractivity contribution in [1.82, 2.24) is 5.32 Å². The molecule has 1 fully saturated rings. The van der Waals surface area contributed by atoms with Gasteiger partial charge in [0, 0.05) is 6.61 Å². The van der Waals surface area contributed by atoms with Gasteiger partial charge in [0.15, 0.2) is 0 Å². The summed E-state index contributed by atoms with van der Waals surface area (Å²) in [6.07, 6.45) is 2.05. The minimum absolute atomic E-state index is 0.0515. The molecule has 1 saturated heterocycles. The first-order valence-corrected chi connectivity index (χ1v) is 5.94. The molecule has 1 aliphatic heterocycles. The Morgan fingerprint density at radius 1 is 1.47 bits per heavy atom. The first-order chi connectivity index (χ1) is 7.80. The van der Waals surface area contributed by atoms with Crippen molar-refractivity contribution < 1.29 is 19.4 Å². The number of carboxylic acids is 1. The van der Waals surface area contributed by atoms with Gasteiger partial charge in [-0.15, -0.1) is 0 Å². The SMILES string of the molecule is CC(C)(C)[C@H](NC(=O)CC1CCCO1)C(=O)O. The average molecular weight is 243 g/mol. The van der Waals surface area contributed by atoms with Crippen LogP contribution in [0.15, 0.2) is 0 Å². The molecule has 1 heterocycles. The Morgan fingerprint density at radius 2 is 2.12 bits per heavy atom. The Labute approximate surface area is 102 Å². The second-order valence-corrected chi connectivity index (χ2v) is 5.54. The smallest absolute Gasteiger partial charge is 0.326 e. The van der Waals surface area contributed by atoms with Gasteiger partial charge < -0.3 is 15.2 Å². The predicted molar refractivity (Wildman–Crippen MR) is 62.6 cm³/mol. The van der Waals surface area contributed by atoms with Crippen molar-refractivity contribution in [2.24, 2.45) is 5.41 Å². The van der Waals surface area contributed by atoms with Crippen molar-refractivity contribution in [1.29, 1.82) is 0 Å². The Kier molecular flexibility index (Phi) is 4.51. The van der Waals surface area contributed by atoms with Crippen molar-refractivity contribution in [2.75, 3.05) is 6.61 Å². The molecule has 0 bridgehead atoms. The molecule has 0 aromatic heterocycles. The predicted octanol–water partition coefficient (Wildman–Crippen LogP) is 1.17. The maximum atomic E-state index is 11.7. The van der Waals surface area contributed by atoms with E-state index in [-0.39, 0.29) is 18.4 Å². The summed E-state index contributed by atoms with van der Waals surface area (Å²) in [6, 6.07) is -0.864. The third-order valence-electron chi connectivity index (χ3n) is 2.86. The fourth-order valence-corrected chi connectivity index (χ4v) is 1.88. The van der Waals surface area contributed by atoms with Crippen molar-refractivity contribution >= 4 is 11.9 Å². The molecule has 1 rings (SSSR count). The third-order valence-corrected chi connectivity index (χ3v) is 2.86. The first kappa shape index (κ1) is 14.0. The fourth-order valence-electron chi connectivity index (χ4n) is 1.88. The van der Waals surface area contributed by atoms with Gasteiger partial charge in [0.2, 0.25) is 5.91 Å². The van der Waals surface area contributed by atoms with E-state index in [0.29, 0.717) is 6.61 Å². The maximum absolute atomic E-state index is 11.7. The number of rotatable bonds is 4. The van der Waals surface area contributed by atoms with E-state index in [9.17, 15) is 9.59 Å². The number of ether oxygens (including phenoxy) is 1. The van der Waals surface area contributed by atoms with Crippen LogP contribution in [0.4, 0.5) is 0 Å². The van der Waals surface area contributed by atoms with E-state index >= 15 is 0 Å². The summed E-state index contributed by atoms with van der Waals surface area (Å²) in [4.78, 5) is 22.8. The van der Waals surface area contributed by atoms with Crippen LogP contribution in [0.5, 0.6) is 0 Å². The summed E-state index contributed by atoms with van der Waals surface area (Å²) in [6.45, 7) is 6.06. The number of hydrogen-bond acceptors (Lipinski definition) is 3. The highest BCUT2D eigenvalue weighted by molar-refractivity contribution is 5.84. The minimum atomic E-state index is -1.00. The van der Waals surface area contributed by atoms with Crippen LogP contribution in [0.2, 0.25) is 0 Å². The molecule has 1 amide bonds. The minimum Gasteiger partial charge on any atom is -0.480 e. The summed E-state index contributed by atoms with van der Waals surface area (Å²) < 4.78 is 5.34. The lowest BCUT2D eigenvalue weighted by Crippen LogP contribution is -2.49. The number of carbonyl (C=O) groups excluding carboxylic acids is 1. The van der Waals surface area contributed by atoms with Gasteiger partial charge in [0.25, 0.3) is 0 Å². The molecule has 0 saturated carbocycles. The van der Waals surface area contributed by atoms with E-state index in [4.69, 9.17) is 9.84 Å². The standard InChI is InChI=1S/C12H21NO4/c1-12(2,3)10(11(15)16)13-9(14)7-8-5-4-6-17-8/h8,10H,4-7H2,1-3H3,(H,13,14)(H,15,16)/t8?,10-/m1/s1. The quantitative estimate of drug-likeness (QED) is 0.777. The summed E-state index contributed by atoms with van der Waals surface area (Å²) in [5, 5.41) is 11.6. The zero-order valence-corrected chi connectivity index (χ0v) is 10.7. The molecule has 0 aromatic rings. The molecular formula is C12H21NO4. The van der Waals surface area contributed by atoms with Gasteiger partial charge >= 0.3 is 5.97 Å². The number of amides is 1. The lowest BCUT2D eigenvalue weighted by Gasteiger charge is -2.28. The zero-order chi connectivity index (χ0) is 13.1. The second kappa shape index (κ2) is 5.49. The van der Waals surface area contributed by atoms with Gasteiger partial charge in [-0.05, 0) is 18.3 Å². The highest BCUT2D eigenvalue weighted by Gasteiger charge is 2.33. The Morgan fingerprint density at radius 3 is 2.53 bits per heavy atom. The van der Waals surface area contributed by atoms with E-state index in [1.807, 2.05) is 0 Å². The Hall–Kier alpha value is -1.10. The number of nitrogens with one attached hydrogen (secondary N) is 1. The van der Waals surface area contributed by atoms with Crippen molar-refractivity contribution in [3.63, 3.8) is 0 Å². The lowest BCUT2D eigenvalue weighted by atomic mass is 9.86. The lowest BCUT2D eigenvalue weighted by molar-refractivity contribution is -0.145. The number of aliphatic carboxylic acids is 1. The summed E-state index contributed by atoms with van der Waals surface area (Å²) in [7, 11) is 0. The van der Waals surface area contributed by atoms with Gasteiger partial charge in [0.1, 0.15) is 6.04 Å². The molecule has 17 heavy (non-hydrogen) atoms. The van der Waals surface area contributed by atoms with Crippen LogP contribution >= 0.6 is 0 Å².